The molecule has 23 heavy (non-hydrogen) atoms. The Balaban J connectivity index is 1.54. The Morgan fingerprint density at radius 3 is 2.78 bits per heavy atom. The van der Waals surface area contributed by atoms with E-state index in [1.807, 2.05) is 47.4 Å². The summed E-state index contributed by atoms with van der Waals surface area (Å²) in [5.74, 6) is 0.374. The van der Waals surface area contributed by atoms with Crippen molar-refractivity contribution in [3.63, 3.8) is 0 Å². The van der Waals surface area contributed by atoms with Crippen molar-refractivity contribution < 1.29 is 9.53 Å². The van der Waals surface area contributed by atoms with Gasteiger partial charge in [0.15, 0.2) is 0 Å². The predicted octanol–water partition coefficient (Wildman–Crippen LogP) is 2.70. The third kappa shape index (κ3) is 3.94. The quantitative estimate of drug-likeness (QED) is 0.795. The van der Waals surface area contributed by atoms with Gasteiger partial charge in [-0.1, -0.05) is 36.4 Å². The molecule has 1 unspecified atom stereocenters. The Bertz CT molecular complexity index is 658. The number of aromatic nitrogens is 2. The lowest BCUT2D eigenvalue weighted by molar-refractivity contribution is -0.143. The van der Waals surface area contributed by atoms with Gasteiger partial charge in [0.2, 0.25) is 5.95 Å². The van der Waals surface area contributed by atoms with Crippen molar-refractivity contribution in [1.82, 2.24) is 9.97 Å². The number of nitrogens with zero attached hydrogens (tertiary/aromatic N) is 3. The minimum absolute atomic E-state index is 0.215. The van der Waals surface area contributed by atoms with Crippen LogP contribution < -0.4 is 4.90 Å². The molecule has 5 heteroatoms. The van der Waals surface area contributed by atoms with Gasteiger partial charge in [0.25, 0.3) is 0 Å². The number of carbonyl (C=O) groups is 1. The van der Waals surface area contributed by atoms with E-state index in [4.69, 9.17) is 4.74 Å². The van der Waals surface area contributed by atoms with Crippen LogP contribution in [0.15, 0.2) is 54.9 Å². The first kappa shape index (κ1) is 15.2. The number of hydrogen-bond donors (Lipinski definition) is 0. The van der Waals surface area contributed by atoms with Gasteiger partial charge in [-0.3, -0.25) is 0 Å². The molecule has 0 spiro atoms. The van der Waals surface area contributed by atoms with Crippen LogP contribution in [0, 0.1) is 0 Å². The maximum atomic E-state index is 12.3. The van der Waals surface area contributed by atoms with E-state index in [0.29, 0.717) is 5.95 Å². The molecule has 2 heterocycles. The first-order valence-corrected chi connectivity index (χ1v) is 7.76. The van der Waals surface area contributed by atoms with Gasteiger partial charge in [0.1, 0.15) is 12.6 Å². The molecular weight excluding hydrogens is 290 g/mol. The molecule has 118 valence electrons. The molecule has 0 N–H and O–H groups in total. The molecule has 1 aromatic heterocycles. The van der Waals surface area contributed by atoms with Crippen molar-refractivity contribution in [3.05, 3.63) is 60.4 Å². The summed E-state index contributed by atoms with van der Waals surface area (Å²) < 4.78 is 5.38. The SMILES string of the molecule is O=C(OCC=Cc1ccccc1)C1CCCN1c1ncccn1. The number of rotatable bonds is 5. The Kier molecular flexibility index (Phi) is 4.99. The van der Waals surface area contributed by atoms with E-state index in [2.05, 4.69) is 9.97 Å². The fourth-order valence-electron chi connectivity index (χ4n) is 2.67. The molecule has 1 fully saturated rings. The second-order valence-electron chi connectivity index (χ2n) is 5.34. The molecule has 2 aromatic rings. The van der Waals surface area contributed by atoms with Gasteiger partial charge in [-0.2, -0.15) is 0 Å². The number of anilines is 1. The summed E-state index contributed by atoms with van der Waals surface area (Å²) in [6.45, 7) is 1.05. The normalized spacial score (nSPS) is 17.6. The Morgan fingerprint density at radius 1 is 1.22 bits per heavy atom. The molecular formula is C18H19N3O2. The van der Waals surface area contributed by atoms with Gasteiger partial charge in [-0.25, -0.2) is 14.8 Å². The second-order valence-corrected chi connectivity index (χ2v) is 5.34. The van der Waals surface area contributed by atoms with Crippen LogP contribution in [0.4, 0.5) is 5.95 Å². The summed E-state index contributed by atoms with van der Waals surface area (Å²) in [6.07, 6.45) is 8.89. The van der Waals surface area contributed by atoms with E-state index in [0.717, 1.165) is 24.9 Å². The summed E-state index contributed by atoms with van der Waals surface area (Å²) in [5.41, 5.74) is 1.09. The molecule has 5 nitrogen and oxygen atoms in total. The molecule has 1 aromatic carbocycles. The molecule has 0 bridgehead atoms. The van der Waals surface area contributed by atoms with Crippen LogP contribution in [0.5, 0.6) is 0 Å². The lowest BCUT2D eigenvalue weighted by Crippen LogP contribution is -2.38. The van der Waals surface area contributed by atoms with E-state index >= 15 is 0 Å². The van der Waals surface area contributed by atoms with Gasteiger partial charge in [0, 0.05) is 18.9 Å². The van der Waals surface area contributed by atoms with Crippen LogP contribution in [-0.4, -0.2) is 35.1 Å². The van der Waals surface area contributed by atoms with Crippen molar-refractivity contribution >= 4 is 18.0 Å². The van der Waals surface area contributed by atoms with Gasteiger partial charge in [-0.05, 0) is 30.5 Å². The summed E-state index contributed by atoms with van der Waals surface area (Å²) in [5, 5.41) is 0. The fraction of sp³-hybridized carbons (Fsp3) is 0.278. The van der Waals surface area contributed by atoms with Gasteiger partial charge in [0.05, 0.1) is 0 Å². The highest BCUT2D eigenvalue weighted by Gasteiger charge is 2.33. The Morgan fingerprint density at radius 2 is 2.00 bits per heavy atom. The zero-order chi connectivity index (χ0) is 15.9. The van der Waals surface area contributed by atoms with E-state index in [1.54, 1.807) is 18.5 Å². The smallest absolute Gasteiger partial charge is 0.329 e. The second kappa shape index (κ2) is 7.54. The third-order valence-electron chi connectivity index (χ3n) is 3.77. The fourth-order valence-corrected chi connectivity index (χ4v) is 2.67. The van der Waals surface area contributed by atoms with Gasteiger partial charge < -0.3 is 9.64 Å². The standard InChI is InChI=1S/C18H19N3O2/c22-17(23-14-5-9-15-7-2-1-3-8-15)16-10-4-13-21(16)18-19-11-6-12-20-18/h1-3,5-9,11-12,16H,4,10,13-14H2. The molecule has 1 aliphatic rings. The number of hydrogen-bond acceptors (Lipinski definition) is 5. The van der Waals surface area contributed by atoms with Gasteiger partial charge in [-0.15, -0.1) is 0 Å². The molecule has 0 saturated carbocycles. The molecule has 1 atom stereocenters. The molecule has 3 rings (SSSR count). The average Bonchev–Trinajstić information content (AvgIpc) is 3.10. The van der Waals surface area contributed by atoms with Crippen LogP contribution >= 0.6 is 0 Å². The van der Waals surface area contributed by atoms with Crippen LogP contribution in [0.25, 0.3) is 6.08 Å². The maximum absolute atomic E-state index is 12.3. The number of carbonyl (C=O) groups excluding carboxylic acids is 1. The average molecular weight is 309 g/mol. The van der Waals surface area contributed by atoms with Crippen LogP contribution in [-0.2, 0) is 9.53 Å². The number of benzene rings is 1. The van der Waals surface area contributed by atoms with Crippen LogP contribution in [0.3, 0.4) is 0 Å². The molecule has 0 aliphatic carbocycles. The van der Waals surface area contributed by atoms with Crippen molar-refractivity contribution in [1.29, 1.82) is 0 Å². The number of ether oxygens (including phenoxy) is 1. The largest absolute Gasteiger partial charge is 0.460 e. The highest BCUT2D eigenvalue weighted by molar-refractivity contribution is 5.80. The molecule has 0 radical (unpaired) electrons. The first-order valence-electron chi connectivity index (χ1n) is 7.76. The maximum Gasteiger partial charge on any atom is 0.329 e. The zero-order valence-corrected chi connectivity index (χ0v) is 12.8. The molecule has 1 saturated heterocycles. The van der Waals surface area contributed by atoms with Crippen LogP contribution in [0.2, 0.25) is 0 Å². The summed E-state index contributed by atoms with van der Waals surface area (Å²) in [7, 11) is 0. The first-order chi connectivity index (χ1) is 11.3. The highest BCUT2D eigenvalue weighted by Crippen LogP contribution is 2.22. The van der Waals surface area contributed by atoms with Crippen LogP contribution in [0.1, 0.15) is 18.4 Å². The summed E-state index contributed by atoms with van der Waals surface area (Å²) in [4.78, 5) is 22.7. The van der Waals surface area contributed by atoms with E-state index in [1.165, 1.54) is 0 Å². The highest BCUT2D eigenvalue weighted by atomic mass is 16.5. The minimum atomic E-state index is -0.289. The minimum Gasteiger partial charge on any atom is -0.460 e. The Labute approximate surface area is 135 Å². The number of esters is 1. The lowest BCUT2D eigenvalue weighted by atomic mass is 10.2. The zero-order valence-electron chi connectivity index (χ0n) is 12.8. The van der Waals surface area contributed by atoms with E-state index in [9.17, 15) is 4.79 Å². The van der Waals surface area contributed by atoms with Crippen molar-refractivity contribution in [2.45, 2.75) is 18.9 Å². The van der Waals surface area contributed by atoms with E-state index in [-0.39, 0.29) is 18.6 Å². The van der Waals surface area contributed by atoms with Crippen molar-refractivity contribution in [3.8, 4) is 0 Å². The van der Waals surface area contributed by atoms with Crippen molar-refractivity contribution in [2.24, 2.45) is 0 Å². The van der Waals surface area contributed by atoms with E-state index < -0.39 is 0 Å². The lowest BCUT2D eigenvalue weighted by Gasteiger charge is -2.22. The predicted molar refractivity (Wildman–Crippen MR) is 88.8 cm³/mol. The monoisotopic (exact) mass is 309 g/mol. The third-order valence-corrected chi connectivity index (χ3v) is 3.77. The summed E-state index contributed by atoms with van der Waals surface area (Å²) >= 11 is 0. The Hall–Kier alpha value is -2.69. The molecule has 1 aliphatic heterocycles. The van der Waals surface area contributed by atoms with Crippen molar-refractivity contribution in [2.75, 3.05) is 18.1 Å². The topological polar surface area (TPSA) is 55.3 Å². The van der Waals surface area contributed by atoms with Gasteiger partial charge >= 0.3 is 5.97 Å². The summed E-state index contributed by atoms with van der Waals surface area (Å²) in [6, 6.07) is 11.4. The molecule has 0 amide bonds.